The van der Waals surface area contributed by atoms with Crippen LogP contribution in [0.4, 0.5) is 0 Å². The number of aromatic nitrogens is 3. The van der Waals surface area contributed by atoms with E-state index in [0.717, 1.165) is 38.2 Å². The first-order valence-electron chi connectivity index (χ1n) is 6.74. The van der Waals surface area contributed by atoms with E-state index in [4.69, 9.17) is 4.74 Å². The van der Waals surface area contributed by atoms with Gasteiger partial charge in [0.05, 0.1) is 18.0 Å². The molecule has 110 valence electrons. The van der Waals surface area contributed by atoms with Crippen LogP contribution >= 0.6 is 11.3 Å². The van der Waals surface area contributed by atoms with Gasteiger partial charge in [-0.3, -0.25) is 0 Å². The molecule has 0 amide bonds. The quantitative estimate of drug-likeness (QED) is 0.805. The van der Waals surface area contributed by atoms with E-state index in [1.54, 1.807) is 4.52 Å². The van der Waals surface area contributed by atoms with Crippen molar-refractivity contribution in [3.63, 3.8) is 0 Å². The third-order valence-electron chi connectivity index (χ3n) is 3.44. The molecular weight excluding hydrogens is 286 g/mol. The second-order valence-electron chi connectivity index (χ2n) is 5.00. The summed E-state index contributed by atoms with van der Waals surface area (Å²) in [5.74, 6) is 0.906. The molecule has 2 heterocycles. The molecule has 0 aliphatic carbocycles. The Kier molecular flexibility index (Phi) is 3.65. The van der Waals surface area contributed by atoms with Gasteiger partial charge >= 0.3 is 0 Å². The van der Waals surface area contributed by atoms with Gasteiger partial charge in [0.15, 0.2) is 5.01 Å². The third kappa shape index (κ3) is 2.52. The van der Waals surface area contributed by atoms with E-state index in [0.29, 0.717) is 6.61 Å². The van der Waals surface area contributed by atoms with Crippen LogP contribution in [0.1, 0.15) is 27.5 Å². The van der Waals surface area contributed by atoms with E-state index in [2.05, 4.69) is 10.1 Å². The van der Waals surface area contributed by atoms with Gasteiger partial charge in [0, 0.05) is 0 Å². The van der Waals surface area contributed by atoms with Crippen molar-refractivity contribution < 1.29 is 9.84 Å². The number of benzene rings is 1. The molecule has 5 nitrogen and oxygen atoms in total. The van der Waals surface area contributed by atoms with Crippen molar-refractivity contribution >= 4 is 16.3 Å². The van der Waals surface area contributed by atoms with Crippen LogP contribution in [0.3, 0.4) is 0 Å². The molecule has 0 radical (unpaired) electrons. The lowest BCUT2D eigenvalue weighted by Crippen LogP contribution is -2.01. The van der Waals surface area contributed by atoms with Gasteiger partial charge in [-0.05, 0) is 31.9 Å². The molecule has 0 unspecified atom stereocenters. The molecule has 1 aromatic carbocycles. The zero-order chi connectivity index (χ0) is 15.0. The van der Waals surface area contributed by atoms with E-state index >= 15 is 0 Å². The fourth-order valence-electron chi connectivity index (χ4n) is 2.33. The smallest absolute Gasteiger partial charge is 0.212 e. The van der Waals surface area contributed by atoms with E-state index in [-0.39, 0.29) is 6.61 Å². The van der Waals surface area contributed by atoms with Crippen molar-refractivity contribution in [2.75, 3.05) is 0 Å². The Bertz CT molecular complexity index is 771. The van der Waals surface area contributed by atoms with Crippen molar-refractivity contribution in [1.29, 1.82) is 0 Å². The predicted octanol–water partition coefficient (Wildman–Crippen LogP) is 2.79. The SMILES string of the molecule is Cc1cccc(C)c1OCc1nn2c(CO)c(C)nc2s1. The van der Waals surface area contributed by atoms with Crippen molar-refractivity contribution in [2.45, 2.75) is 34.0 Å². The van der Waals surface area contributed by atoms with Crippen LogP contribution < -0.4 is 4.74 Å². The Morgan fingerprint density at radius 2 is 1.95 bits per heavy atom. The normalized spacial score (nSPS) is 11.2. The summed E-state index contributed by atoms with van der Waals surface area (Å²) >= 11 is 1.48. The van der Waals surface area contributed by atoms with Gasteiger partial charge in [-0.15, -0.1) is 0 Å². The molecule has 3 aromatic rings. The molecule has 3 rings (SSSR count). The first-order valence-corrected chi connectivity index (χ1v) is 7.55. The summed E-state index contributed by atoms with van der Waals surface area (Å²) in [4.78, 5) is 5.19. The van der Waals surface area contributed by atoms with Crippen molar-refractivity contribution in [1.82, 2.24) is 14.6 Å². The van der Waals surface area contributed by atoms with Crippen LogP contribution in [-0.4, -0.2) is 19.7 Å². The zero-order valence-corrected chi connectivity index (χ0v) is 13.1. The van der Waals surface area contributed by atoms with Crippen LogP contribution in [0.5, 0.6) is 5.75 Å². The first kappa shape index (κ1) is 14.0. The van der Waals surface area contributed by atoms with Crippen LogP contribution in [0.2, 0.25) is 0 Å². The van der Waals surface area contributed by atoms with Crippen LogP contribution in [-0.2, 0) is 13.2 Å². The number of hydrogen-bond donors (Lipinski definition) is 1. The van der Waals surface area contributed by atoms with Crippen LogP contribution in [0, 0.1) is 20.8 Å². The Balaban J connectivity index is 1.84. The highest BCUT2D eigenvalue weighted by Crippen LogP contribution is 2.25. The number of fused-ring (bicyclic) bond motifs is 1. The minimum atomic E-state index is -0.0616. The van der Waals surface area contributed by atoms with E-state index in [9.17, 15) is 5.11 Å². The maximum Gasteiger partial charge on any atom is 0.212 e. The average Bonchev–Trinajstić information content (AvgIpc) is 2.94. The maximum atomic E-state index is 9.37. The monoisotopic (exact) mass is 303 g/mol. The fourth-order valence-corrected chi connectivity index (χ4v) is 3.20. The van der Waals surface area contributed by atoms with Crippen LogP contribution in [0.25, 0.3) is 4.96 Å². The summed E-state index contributed by atoms with van der Waals surface area (Å²) in [5, 5.41) is 14.7. The largest absolute Gasteiger partial charge is 0.486 e. The summed E-state index contributed by atoms with van der Waals surface area (Å²) in [6.07, 6.45) is 0. The standard InChI is InChI=1S/C15H17N3O2S/c1-9-5-4-6-10(2)14(9)20-8-13-17-18-12(7-19)11(3)16-15(18)21-13/h4-6,19H,7-8H2,1-3H3. The van der Waals surface area contributed by atoms with Gasteiger partial charge in [-0.2, -0.15) is 5.10 Å². The molecule has 0 aliphatic heterocycles. The second-order valence-corrected chi connectivity index (χ2v) is 6.04. The zero-order valence-electron chi connectivity index (χ0n) is 12.3. The average molecular weight is 303 g/mol. The van der Waals surface area contributed by atoms with Crippen LogP contribution in [0.15, 0.2) is 18.2 Å². The van der Waals surface area contributed by atoms with Crippen molar-refractivity contribution in [3.05, 3.63) is 45.7 Å². The fraction of sp³-hybridized carbons (Fsp3) is 0.333. The molecular formula is C15H17N3O2S. The van der Waals surface area contributed by atoms with Crippen molar-refractivity contribution in [3.8, 4) is 5.75 Å². The molecule has 0 fully saturated rings. The number of rotatable bonds is 4. The molecule has 0 aliphatic rings. The molecule has 0 bridgehead atoms. The highest BCUT2D eigenvalue weighted by Gasteiger charge is 2.14. The van der Waals surface area contributed by atoms with Gasteiger partial charge in [-0.25, -0.2) is 9.50 Å². The number of aliphatic hydroxyl groups is 1. The predicted molar refractivity (Wildman–Crippen MR) is 81.8 cm³/mol. The molecule has 0 saturated heterocycles. The summed E-state index contributed by atoms with van der Waals surface area (Å²) in [6.45, 7) is 6.28. The molecule has 0 atom stereocenters. The van der Waals surface area contributed by atoms with Gasteiger partial charge in [0.1, 0.15) is 12.4 Å². The summed E-state index contributed by atoms with van der Waals surface area (Å²) in [6, 6.07) is 6.08. The number of ether oxygens (including phenoxy) is 1. The lowest BCUT2D eigenvalue weighted by molar-refractivity contribution is 0.272. The molecule has 21 heavy (non-hydrogen) atoms. The topological polar surface area (TPSA) is 59.7 Å². The van der Waals surface area contributed by atoms with Gasteiger partial charge < -0.3 is 9.84 Å². The third-order valence-corrected chi connectivity index (χ3v) is 4.32. The van der Waals surface area contributed by atoms with E-state index < -0.39 is 0 Å². The minimum Gasteiger partial charge on any atom is -0.486 e. The van der Waals surface area contributed by atoms with E-state index in [1.165, 1.54) is 11.3 Å². The number of imidazole rings is 1. The lowest BCUT2D eigenvalue weighted by atomic mass is 10.1. The Morgan fingerprint density at radius 1 is 1.24 bits per heavy atom. The Morgan fingerprint density at radius 3 is 2.62 bits per heavy atom. The lowest BCUT2D eigenvalue weighted by Gasteiger charge is -2.10. The van der Waals surface area contributed by atoms with Gasteiger partial charge in [0.25, 0.3) is 0 Å². The molecule has 6 heteroatoms. The molecule has 0 spiro atoms. The summed E-state index contributed by atoms with van der Waals surface area (Å²) in [5.41, 5.74) is 3.78. The number of hydrogen-bond acceptors (Lipinski definition) is 5. The van der Waals surface area contributed by atoms with Gasteiger partial charge in [0.2, 0.25) is 4.96 Å². The number of para-hydroxylation sites is 1. The Hall–Kier alpha value is -1.92. The molecule has 2 aromatic heterocycles. The molecule has 1 N–H and O–H groups in total. The first-order chi connectivity index (χ1) is 10.1. The number of nitrogens with zero attached hydrogens (tertiary/aromatic N) is 3. The summed E-state index contributed by atoms with van der Waals surface area (Å²) < 4.78 is 7.60. The minimum absolute atomic E-state index is 0.0616. The number of aryl methyl sites for hydroxylation is 3. The molecule has 0 saturated carbocycles. The van der Waals surface area contributed by atoms with Crippen molar-refractivity contribution in [2.24, 2.45) is 0 Å². The summed E-state index contributed by atoms with van der Waals surface area (Å²) in [7, 11) is 0. The maximum absolute atomic E-state index is 9.37. The Labute approximate surface area is 126 Å². The van der Waals surface area contributed by atoms with Gasteiger partial charge in [-0.1, -0.05) is 29.5 Å². The highest BCUT2D eigenvalue weighted by molar-refractivity contribution is 7.16. The highest BCUT2D eigenvalue weighted by atomic mass is 32.1. The number of aliphatic hydroxyl groups excluding tert-OH is 1. The second kappa shape index (κ2) is 5.46. The van der Waals surface area contributed by atoms with E-state index in [1.807, 2.05) is 39.0 Å².